The smallest absolute Gasteiger partial charge is 0.165 e. The largest absolute Gasteiger partial charge is 0.382 e. The molecule has 0 amide bonds. The van der Waals surface area contributed by atoms with Crippen molar-refractivity contribution < 1.29 is 0 Å². The van der Waals surface area contributed by atoms with E-state index in [0.29, 0.717) is 11.5 Å². The van der Waals surface area contributed by atoms with Crippen LogP contribution in [0.4, 0.5) is 5.82 Å². The molecule has 0 fully saturated rings. The van der Waals surface area contributed by atoms with Gasteiger partial charge >= 0.3 is 0 Å². The average Bonchev–Trinajstić information content (AvgIpc) is 3.25. The summed E-state index contributed by atoms with van der Waals surface area (Å²) in [5, 5.41) is 11.3. The molecule has 0 aliphatic rings. The molecule has 2 aromatic carbocycles. The molecule has 0 aliphatic heterocycles. The number of hydrogen-bond acceptors (Lipinski definition) is 5. The summed E-state index contributed by atoms with van der Waals surface area (Å²) in [5.41, 5.74) is 13.5. The topological polar surface area (TPSA) is 69.6 Å². The van der Waals surface area contributed by atoms with Gasteiger partial charge in [0.25, 0.3) is 0 Å². The lowest BCUT2D eigenvalue weighted by molar-refractivity contribution is 0.810. The van der Waals surface area contributed by atoms with Crippen LogP contribution in [0.5, 0.6) is 0 Å². The Labute approximate surface area is 156 Å². The molecule has 130 valence electrons. The van der Waals surface area contributed by atoms with E-state index in [-0.39, 0.29) is 0 Å². The Hall–Kier alpha value is -2.99. The number of benzene rings is 2. The number of hydrogen-bond donors (Lipinski definition) is 1. The van der Waals surface area contributed by atoms with Gasteiger partial charge in [0.05, 0.1) is 11.4 Å². The molecule has 0 saturated heterocycles. The molecule has 0 spiro atoms. The van der Waals surface area contributed by atoms with Crippen molar-refractivity contribution in [1.82, 2.24) is 20.0 Å². The maximum Gasteiger partial charge on any atom is 0.165 e. The molecule has 0 atom stereocenters. The van der Waals surface area contributed by atoms with Crippen LogP contribution in [0, 0.1) is 20.8 Å². The van der Waals surface area contributed by atoms with Crippen LogP contribution in [0.25, 0.3) is 27.6 Å². The molecular weight excluding hydrogens is 342 g/mol. The van der Waals surface area contributed by atoms with E-state index in [1.807, 2.05) is 36.6 Å². The first kappa shape index (κ1) is 16.5. The molecule has 2 heterocycles. The van der Waals surface area contributed by atoms with Gasteiger partial charge in [-0.2, -0.15) is 4.68 Å². The first-order valence-corrected chi connectivity index (χ1v) is 9.22. The fourth-order valence-corrected chi connectivity index (χ4v) is 3.65. The van der Waals surface area contributed by atoms with Crippen LogP contribution in [0.15, 0.2) is 47.8 Å². The summed E-state index contributed by atoms with van der Waals surface area (Å²) in [5.74, 6) is 0.496. The summed E-state index contributed by atoms with van der Waals surface area (Å²) in [6, 6.07) is 14.4. The zero-order valence-corrected chi connectivity index (χ0v) is 15.7. The fourth-order valence-electron chi connectivity index (χ4n) is 2.84. The van der Waals surface area contributed by atoms with E-state index in [1.54, 1.807) is 4.68 Å². The molecule has 0 saturated carbocycles. The van der Waals surface area contributed by atoms with Crippen LogP contribution >= 0.6 is 11.3 Å². The second-order valence-corrected chi connectivity index (χ2v) is 7.29. The number of anilines is 1. The van der Waals surface area contributed by atoms with Gasteiger partial charge in [0, 0.05) is 10.9 Å². The third kappa shape index (κ3) is 2.88. The fraction of sp³-hybridized carbons (Fsp3) is 0.150. The Bertz CT molecular complexity index is 1080. The van der Waals surface area contributed by atoms with Crippen molar-refractivity contribution in [3.63, 3.8) is 0 Å². The molecule has 0 unspecified atom stereocenters. The van der Waals surface area contributed by atoms with E-state index < -0.39 is 0 Å². The minimum atomic E-state index is 0.496. The van der Waals surface area contributed by atoms with Gasteiger partial charge in [-0.25, -0.2) is 4.98 Å². The number of nitrogen functional groups attached to an aromatic ring is 1. The lowest BCUT2D eigenvalue weighted by atomic mass is 10.0. The van der Waals surface area contributed by atoms with Crippen molar-refractivity contribution in [2.45, 2.75) is 20.8 Å². The van der Waals surface area contributed by atoms with E-state index in [9.17, 15) is 0 Å². The van der Waals surface area contributed by atoms with E-state index in [0.717, 1.165) is 22.0 Å². The predicted molar refractivity (Wildman–Crippen MR) is 107 cm³/mol. The summed E-state index contributed by atoms with van der Waals surface area (Å²) >= 11 is 1.53. The first-order chi connectivity index (χ1) is 12.5. The first-order valence-electron chi connectivity index (χ1n) is 8.34. The standard InChI is InChI=1S/C20H19N5S/c1-12-5-8-15(9-6-12)25-19(21)18(23-24-25)20-22-17(11-26-20)16-10-13(2)4-7-14(16)3/h4-11H,21H2,1-3H3. The van der Waals surface area contributed by atoms with Gasteiger partial charge in [-0.3, -0.25) is 0 Å². The second-order valence-electron chi connectivity index (χ2n) is 6.43. The van der Waals surface area contributed by atoms with Crippen LogP contribution in [-0.2, 0) is 0 Å². The van der Waals surface area contributed by atoms with Crippen molar-refractivity contribution in [3.05, 3.63) is 64.5 Å². The van der Waals surface area contributed by atoms with Crippen molar-refractivity contribution in [1.29, 1.82) is 0 Å². The molecule has 6 heteroatoms. The molecule has 0 aliphatic carbocycles. The quantitative estimate of drug-likeness (QED) is 0.580. The van der Waals surface area contributed by atoms with E-state index in [4.69, 9.17) is 10.7 Å². The van der Waals surface area contributed by atoms with Gasteiger partial charge in [0.15, 0.2) is 11.5 Å². The van der Waals surface area contributed by atoms with Gasteiger partial charge in [0.2, 0.25) is 0 Å². The number of aryl methyl sites for hydroxylation is 3. The highest BCUT2D eigenvalue weighted by Gasteiger charge is 2.17. The van der Waals surface area contributed by atoms with Gasteiger partial charge in [-0.1, -0.05) is 40.6 Å². The minimum Gasteiger partial charge on any atom is -0.382 e. The Kier molecular flexibility index (Phi) is 4.05. The lowest BCUT2D eigenvalue weighted by Gasteiger charge is -2.04. The minimum absolute atomic E-state index is 0.496. The summed E-state index contributed by atoms with van der Waals surface area (Å²) < 4.78 is 1.65. The summed E-state index contributed by atoms with van der Waals surface area (Å²) in [4.78, 5) is 4.76. The zero-order valence-electron chi connectivity index (χ0n) is 14.9. The summed E-state index contributed by atoms with van der Waals surface area (Å²) in [6.45, 7) is 6.22. The van der Waals surface area contributed by atoms with Crippen LogP contribution in [0.1, 0.15) is 16.7 Å². The summed E-state index contributed by atoms with van der Waals surface area (Å²) in [6.07, 6.45) is 0. The number of aromatic nitrogens is 4. The van der Waals surface area contributed by atoms with Gasteiger partial charge in [0.1, 0.15) is 5.01 Å². The highest BCUT2D eigenvalue weighted by atomic mass is 32.1. The number of rotatable bonds is 3. The Balaban J connectivity index is 1.73. The second kappa shape index (κ2) is 6.38. The van der Waals surface area contributed by atoms with Crippen molar-refractivity contribution in [2.75, 3.05) is 5.73 Å². The van der Waals surface area contributed by atoms with Crippen molar-refractivity contribution in [2.24, 2.45) is 0 Å². The SMILES string of the molecule is Cc1ccc(-n2nnc(-c3nc(-c4cc(C)ccc4C)cs3)c2N)cc1. The maximum atomic E-state index is 6.31. The van der Waals surface area contributed by atoms with Gasteiger partial charge < -0.3 is 5.73 Å². The third-order valence-corrected chi connectivity index (χ3v) is 5.21. The number of nitrogens with two attached hydrogens (primary N) is 1. The lowest BCUT2D eigenvalue weighted by Crippen LogP contribution is -2.02. The van der Waals surface area contributed by atoms with E-state index >= 15 is 0 Å². The van der Waals surface area contributed by atoms with Crippen LogP contribution in [0.3, 0.4) is 0 Å². The molecule has 4 aromatic rings. The molecule has 26 heavy (non-hydrogen) atoms. The molecule has 0 radical (unpaired) electrons. The van der Waals surface area contributed by atoms with Gasteiger partial charge in [-0.15, -0.1) is 16.4 Å². The molecular formula is C20H19N5S. The average molecular weight is 361 g/mol. The zero-order chi connectivity index (χ0) is 18.3. The Morgan fingerprint density at radius 3 is 2.46 bits per heavy atom. The summed E-state index contributed by atoms with van der Waals surface area (Å²) in [7, 11) is 0. The van der Waals surface area contributed by atoms with Crippen LogP contribution in [-0.4, -0.2) is 20.0 Å². The molecule has 2 N–H and O–H groups in total. The third-order valence-electron chi connectivity index (χ3n) is 4.36. The number of thiazole rings is 1. The van der Waals surface area contributed by atoms with E-state index in [2.05, 4.69) is 42.4 Å². The molecule has 5 nitrogen and oxygen atoms in total. The molecule has 4 rings (SSSR count). The highest BCUT2D eigenvalue weighted by molar-refractivity contribution is 7.13. The monoisotopic (exact) mass is 361 g/mol. The number of nitrogens with zero attached hydrogens (tertiary/aromatic N) is 4. The molecule has 2 aromatic heterocycles. The van der Waals surface area contributed by atoms with Crippen LogP contribution in [0.2, 0.25) is 0 Å². The van der Waals surface area contributed by atoms with Gasteiger partial charge in [-0.05, 0) is 44.5 Å². The Morgan fingerprint density at radius 2 is 1.69 bits per heavy atom. The maximum absolute atomic E-state index is 6.31. The highest BCUT2D eigenvalue weighted by Crippen LogP contribution is 2.33. The predicted octanol–water partition coefficient (Wildman–Crippen LogP) is 4.57. The van der Waals surface area contributed by atoms with E-state index in [1.165, 1.54) is 28.0 Å². The normalized spacial score (nSPS) is 11.0. The van der Waals surface area contributed by atoms with Crippen molar-refractivity contribution >= 4 is 17.2 Å². The van der Waals surface area contributed by atoms with Crippen molar-refractivity contribution in [3.8, 4) is 27.6 Å². The van der Waals surface area contributed by atoms with Crippen LogP contribution < -0.4 is 5.73 Å². The Morgan fingerprint density at radius 1 is 0.962 bits per heavy atom. The molecule has 0 bridgehead atoms.